The molecule has 0 aromatic heterocycles. The summed E-state index contributed by atoms with van der Waals surface area (Å²) in [6, 6.07) is 6.01. The monoisotopic (exact) mass is 236 g/mol. The molecule has 1 aromatic rings. The van der Waals surface area contributed by atoms with Crippen molar-refractivity contribution in [2.75, 3.05) is 45.7 Å². The van der Waals surface area contributed by atoms with Crippen LogP contribution in [0, 0.1) is 0 Å². The highest BCUT2D eigenvalue weighted by Crippen LogP contribution is 2.32. The number of hydrogen-bond donors (Lipinski definition) is 1. The van der Waals surface area contributed by atoms with Crippen molar-refractivity contribution in [3.05, 3.63) is 18.2 Å². The van der Waals surface area contributed by atoms with E-state index in [2.05, 4.69) is 24.3 Å². The Morgan fingerprint density at radius 2 is 1.94 bits per heavy atom. The van der Waals surface area contributed by atoms with Gasteiger partial charge in [-0.1, -0.05) is 0 Å². The Morgan fingerprint density at radius 1 is 1.18 bits per heavy atom. The number of fused-ring (bicyclic) bond motifs is 1. The van der Waals surface area contributed by atoms with Crippen molar-refractivity contribution in [1.29, 1.82) is 0 Å². The molecule has 94 valence electrons. The van der Waals surface area contributed by atoms with E-state index < -0.39 is 0 Å². The topological polar surface area (TPSA) is 33.7 Å². The SMILES string of the molecule is CN(C)CCNc1ccc2c(c1)OCCCO2. The molecule has 0 atom stereocenters. The molecule has 1 aromatic carbocycles. The molecule has 0 aliphatic carbocycles. The van der Waals surface area contributed by atoms with Gasteiger partial charge in [0.05, 0.1) is 13.2 Å². The number of nitrogens with zero attached hydrogens (tertiary/aromatic N) is 1. The first kappa shape index (κ1) is 12.0. The van der Waals surface area contributed by atoms with Crippen LogP contribution in [0.15, 0.2) is 18.2 Å². The van der Waals surface area contributed by atoms with Crippen LogP contribution in [0.1, 0.15) is 6.42 Å². The van der Waals surface area contributed by atoms with Gasteiger partial charge in [0.25, 0.3) is 0 Å². The molecular weight excluding hydrogens is 216 g/mol. The number of likely N-dealkylation sites (N-methyl/N-ethyl adjacent to an activating group) is 1. The number of rotatable bonds is 4. The molecule has 0 radical (unpaired) electrons. The minimum Gasteiger partial charge on any atom is -0.490 e. The fraction of sp³-hybridized carbons (Fsp3) is 0.538. The van der Waals surface area contributed by atoms with E-state index in [0.717, 1.165) is 49.9 Å². The summed E-state index contributed by atoms with van der Waals surface area (Å²) in [5.41, 5.74) is 1.08. The molecule has 0 fully saturated rings. The number of ether oxygens (including phenoxy) is 2. The summed E-state index contributed by atoms with van der Waals surface area (Å²) >= 11 is 0. The summed E-state index contributed by atoms with van der Waals surface area (Å²) in [6.07, 6.45) is 0.943. The molecule has 17 heavy (non-hydrogen) atoms. The third kappa shape index (κ3) is 3.53. The maximum absolute atomic E-state index is 5.64. The predicted octanol–water partition coefficient (Wildman–Crippen LogP) is 1.82. The lowest BCUT2D eigenvalue weighted by atomic mass is 10.2. The first-order valence-corrected chi connectivity index (χ1v) is 6.04. The summed E-state index contributed by atoms with van der Waals surface area (Å²) in [5.74, 6) is 1.69. The van der Waals surface area contributed by atoms with Gasteiger partial charge in [-0.3, -0.25) is 0 Å². The highest BCUT2D eigenvalue weighted by atomic mass is 16.5. The minimum atomic E-state index is 0.730. The largest absolute Gasteiger partial charge is 0.490 e. The van der Waals surface area contributed by atoms with Crippen LogP contribution in [0.4, 0.5) is 5.69 Å². The molecule has 2 rings (SSSR count). The molecule has 0 bridgehead atoms. The zero-order chi connectivity index (χ0) is 12.1. The van der Waals surface area contributed by atoms with Crippen molar-refractivity contribution in [2.24, 2.45) is 0 Å². The van der Waals surface area contributed by atoms with Gasteiger partial charge < -0.3 is 19.7 Å². The lowest BCUT2D eigenvalue weighted by Gasteiger charge is -2.13. The van der Waals surface area contributed by atoms with Gasteiger partial charge in [-0.05, 0) is 26.2 Å². The number of benzene rings is 1. The van der Waals surface area contributed by atoms with Crippen LogP contribution >= 0.6 is 0 Å². The number of nitrogens with one attached hydrogen (secondary N) is 1. The molecule has 4 nitrogen and oxygen atoms in total. The van der Waals surface area contributed by atoms with Crippen LogP contribution in [0.25, 0.3) is 0 Å². The second-order valence-corrected chi connectivity index (χ2v) is 4.44. The predicted molar refractivity (Wildman–Crippen MR) is 69.1 cm³/mol. The molecule has 0 spiro atoms. The van der Waals surface area contributed by atoms with Crippen molar-refractivity contribution in [3.63, 3.8) is 0 Å². The van der Waals surface area contributed by atoms with Crippen molar-refractivity contribution in [1.82, 2.24) is 4.90 Å². The van der Waals surface area contributed by atoms with Crippen LogP contribution in [-0.4, -0.2) is 45.3 Å². The second-order valence-electron chi connectivity index (χ2n) is 4.44. The summed E-state index contributed by atoms with van der Waals surface area (Å²) < 4.78 is 11.2. The average Bonchev–Trinajstić information content (AvgIpc) is 2.53. The van der Waals surface area contributed by atoms with E-state index in [4.69, 9.17) is 9.47 Å². The van der Waals surface area contributed by atoms with Gasteiger partial charge in [0.2, 0.25) is 0 Å². The summed E-state index contributed by atoms with van der Waals surface area (Å²) in [4.78, 5) is 2.15. The molecule has 0 unspecified atom stereocenters. The van der Waals surface area contributed by atoms with Gasteiger partial charge >= 0.3 is 0 Å². The highest BCUT2D eigenvalue weighted by molar-refractivity contribution is 5.54. The first-order chi connectivity index (χ1) is 8.25. The Hall–Kier alpha value is -1.42. The highest BCUT2D eigenvalue weighted by Gasteiger charge is 2.10. The fourth-order valence-corrected chi connectivity index (χ4v) is 1.70. The zero-order valence-corrected chi connectivity index (χ0v) is 10.5. The van der Waals surface area contributed by atoms with Gasteiger partial charge in [-0.2, -0.15) is 0 Å². The van der Waals surface area contributed by atoms with Crippen LogP contribution in [-0.2, 0) is 0 Å². The third-order valence-electron chi connectivity index (χ3n) is 2.64. The normalized spacial score (nSPS) is 14.5. The van der Waals surface area contributed by atoms with Crippen molar-refractivity contribution in [3.8, 4) is 11.5 Å². The summed E-state index contributed by atoms with van der Waals surface area (Å²) in [6.45, 7) is 3.40. The zero-order valence-electron chi connectivity index (χ0n) is 10.5. The van der Waals surface area contributed by atoms with E-state index >= 15 is 0 Å². The molecule has 1 aliphatic rings. The van der Waals surface area contributed by atoms with Crippen LogP contribution < -0.4 is 14.8 Å². The maximum Gasteiger partial charge on any atom is 0.163 e. The van der Waals surface area contributed by atoms with Gasteiger partial charge in [0, 0.05) is 31.3 Å². The Morgan fingerprint density at radius 3 is 2.71 bits per heavy atom. The molecule has 1 N–H and O–H groups in total. The van der Waals surface area contributed by atoms with Gasteiger partial charge in [-0.25, -0.2) is 0 Å². The molecule has 0 amide bonds. The summed E-state index contributed by atoms with van der Waals surface area (Å²) in [5, 5.41) is 3.37. The summed E-state index contributed by atoms with van der Waals surface area (Å²) in [7, 11) is 4.13. The van der Waals surface area contributed by atoms with Crippen LogP contribution in [0.3, 0.4) is 0 Å². The van der Waals surface area contributed by atoms with Crippen LogP contribution in [0.5, 0.6) is 11.5 Å². The number of hydrogen-bond acceptors (Lipinski definition) is 4. The first-order valence-electron chi connectivity index (χ1n) is 6.04. The Bertz CT molecular complexity index is 366. The lowest BCUT2D eigenvalue weighted by molar-refractivity contribution is 0.297. The molecule has 4 heteroatoms. The smallest absolute Gasteiger partial charge is 0.163 e. The number of anilines is 1. The molecule has 0 saturated carbocycles. The van der Waals surface area contributed by atoms with Crippen molar-refractivity contribution < 1.29 is 9.47 Å². The fourth-order valence-electron chi connectivity index (χ4n) is 1.70. The van der Waals surface area contributed by atoms with E-state index in [1.54, 1.807) is 0 Å². The van der Waals surface area contributed by atoms with E-state index in [-0.39, 0.29) is 0 Å². The Balaban J connectivity index is 1.97. The lowest BCUT2D eigenvalue weighted by Crippen LogP contribution is -2.20. The Labute approximate surface area is 103 Å². The van der Waals surface area contributed by atoms with Gasteiger partial charge in [0.15, 0.2) is 11.5 Å². The van der Waals surface area contributed by atoms with Crippen LogP contribution in [0.2, 0.25) is 0 Å². The second kappa shape index (κ2) is 5.77. The van der Waals surface area contributed by atoms with Crippen molar-refractivity contribution >= 4 is 5.69 Å². The molecular formula is C13H20N2O2. The van der Waals surface area contributed by atoms with E-state index in [1.165, 1.54) is 0 Å². The van der Waals surface area contributed by atoms with E-state index in [1.807, 2.05) is 18.2 Å². The Kier molecular flexibility index (Phi) is 4.09. The third-order valence-corrected chi connectivity index (χ3v) is 2.64. The molecule has 1 aliphatic heterocycles. The standard InChI is InChI=1S/C13H20N2O2/c1-15(2)7-6-14-11-4-5-12-13(10-11)17-9-3-8-16-12/h4-5,10,14H,3,6-9H2,1-2H3. The molecule has 1 heterocycles. The van der Waals surface area contributed by atoms with Gasteiger partial charge in [-0.15, -0.1) is 0 Å². The van der Waals surface area contributed by atoms with Crippen molar-refractivity contribution in [2.45, 2.75) is 6.42 Å². The van der Waals surface area contributed by atoms with E-state index in [0.29, 0.717) is 0 Å². The molecule has 0 saturated heterocycles. The van der Waals surface area contributed by atoms with E-state index in [9.17, 15) is 0 Å². The average molecular weight is 236 g/mol. The minimum absolute atomic E-state index is 0.730. The van der Waals surface area contributed by atoms with Gasteiger partial charge in [0.1, 0.15) is 0 Å². The quantitative estimate of drug-likeness (QED) is 0.864. The maximum atomic E-state index is 5.64.